The van der Waals surface area contributed by atoms with Gasteiger partial charge in [-0.3, -0.25) is 4.79 Å². The summed E-state index contributed by atoms with van der Waals surface area (Å²) in [6.45, 7) is 4.23. The molecule has 27 heavy (non-hydrogen) atoms. The maximum Gasteiger partial charge on any atom is 0.319 e. The Morgan fingerprint density at radius 3 is 2.56 bits per heavy atom. The average molecular weight is 381 g/mol. The quantitative estimate of drug-likeness (QED) is 0.501. The summed E-state index contributed by atoms with van der Waals surface area (Å²) >= 11 is 1.36. The van der Waals surface area contributed by atoms with Gasteiger partial charge in [0.25, 0.3) is 0 Å². The van der Waals surface area contributed by atoms with Crippen LogP contribution < -0.4 is 4.74 Å². The van der Waals surface area contributed by atoms with E-state index in [9.17, 15) is 9.90 Å². The third-order valence-electron chi connectivity index (χ3n) is 4.75. The molecule has 3 aromatic rings. The number of fused-ring (bicyclic) bond motifs is 1. The van der Waals surface area contributed by atoms with Crippen molar-refractivity contribution in [2.24, 2.45) is 0 Å². The standard InChI is InChI=1S/C23H24O3S/c1-3-23(2,22(24)25)27-21-10-6-9-20(16-21)26-14-13-17-11-12-18-7-4-5-8-19(18)15-17/h4-12,15-16H,3,13-14H2,1-2H3,(H,24,25). The number of carboxylic acids is 1. The van der Waals surface area contributed by atoms with Gasteiger partial charge < -0.3 is 9.84 Å². The van der Waals surface area contributed by atoms with Crippen LogP contribution in [-0.2, 0) is 11.2 Å². The maximum absolute atomic E-state index is 11.5. The van der Waals surface area contributed by atoms with Crippen LogP contribution in [0.2, 0.25) is 0 Å². The third kappa shape index (κ3) is 4.83. The molecule has 140 valence electrons. The molecule has 1 unspecified atom stereocenters. The molecule has 0 amide bonds. The van der Waals surface area contributed by atoms with Gasteiger partial charge in [-0.1, -0.05) is 55.5 Å². The molecule has 3 nitrogen and oxygen atoms in total. The molecule has 4 heteroatoms. The van der Waals surface area contributed by atoms with E-state index in [0.29, 0.717) is 13.0 Å². The number of ether oxygens (including phenoxy) is 1. The topological polar surface area (TPSA) is 46.5 Å². The van der Waals surface area contributed by atoms with Gasteiger partial charge in [-0.2, -0.15) is 0 Å². The molecule has 1 atom stereocenters. The molecular weight excluding hydrogens is 356 g/mol. The van der Waals surface area contributed by atoms with E-state index < -0.39 is 10.7 Å². The van der Waals surface area contributed by atoms with E-state index in [-0.39, 0.29) is 0 Å². The molecule has 0 saturated heterocycles. The molecule has 0 spiro atoms. The lowest BCUT2D eigenvalue weighted by Crippen LogP contribution is -2.30. The Balaban J connectivity index is 1.61. The van der Waals surface area contributed by atoms with Gasteiger partial charge in [-0.05, 0) is 47.9 Å². The second-order valence-electron chi connectivity index (χ2n) is 6.75. The SMILES string of the molecule is CCC(C)(Sc1cccc(OCCc2ccc3ccccc3c2)c1)C(=O)O. The molecule has 0 heterocycles. The normalized spacial score (nSPS) is 13.3. The van der Waals surface area contributed by atoms with Crippen LogP contribution in [-0.4, -0.2) is 22.4 Å². The van der Waals surface area contributed by atoms with Gasteiger partial charge in [0.2, 0.25) is 0 Å². The summed E-state index contributed by atoms with van der Waals surface area (Å²) < 4.78 is 5.08. The first-order valence-corrected chi connectivity index (χ1v) is 9.95. The number of carboxylic acid groups (broad SMARTS) is 1. The molecule has 0 radical (unpaired) electrons. The summed E-state index contributed by atoms with van der Waals surface area (Å²) in [4.78, 5) is 12.4. The van der Waals surface area contributed by atoms with E-state index in [1.165, 1.54) is 28.1 Å². The second kappa shape index (κ2) is 8.49. The summed E-state index contributed by atoms with van der Waals surface area (Å²) in [5.74, 6) is -0.0257. The van der Waals surface area contributed by atoms with Gasteiger partial charge in [0.15, 0.2) is 0 Å². The fourth-order valence-electron chi connectivity index (χ4n) is 2.84. The van der Waals surface area contributed by atoms with E-state index in [1.54, 1.807) is 6.92 Å². The predicted molar refractivity (Wildman–Crippen MR) is 112 cm³/mol. The highest BCUT2D eigenvalue weighted by Crippen LogP contribution is 2.36. The molecule has 0 aliphatic heterocycles. The fourth-order valence-corrected chi connectivity index (χ4v) is 3.91. The van der Waals surface area contributed by atoms with E-state index in [2.05, 4.69) is 30.3 Å². The largest absolute Gasteiger partial charge is 0.493 e. The smallest absolute Gasteiger partial charge is 0.319 e. The molecule has 0 fully saturated rings. The van der Waals surface area contributed by atoms with Gasteiger partial charge in [0.05, 0.1) is 6.61 Å². The molecular formula is C23H24O3S. The van der Waals surface area contributed by atoms with Crippen molar-refractivity contribution in [1.29, 1.82) is 0 Å². The Labute approximate surface area is 164 Å². The van der Waals surface area contributed by atoms with Crippen molar-refractivity contribution in [2.45, 2.75) is 36.3 Å². The second-order valence-corrected chi connectivity index (χ2v) is 8.32. The Morgan fingerprint density at radius 1 is 1.04 bits per heavy atom. The monoisotopic (exact) mass is 380 g/mol. The number of thioether (sulfide) groups is 1. The third-order valence-corrected chi connectivity index (χ3v) is 6.15. The van der Waals surface area contributed by atoms with E-state index in [4.69, 9.17) is 4.74 Å². The Kier molecular flexibility index (Phi) is 6.07. The number of carbonyl (C=O) groups is 1. The van der Waals surface area contributed by atoms with Gasteiger partial charge in [0, 0.05) is 11.3 Å². The Hall–Kier alpha value is -2.46. The van der Waals surface area contributed by atoms with Gasteiger partial charge in [-0.15, -0.1) is 11.8 Å². The summed E-state index contributed by atoms with van der Waals surface area (Å²) in [6, 6.07) is 22.5. The highest BCUT2D eigenvalue weighted by molar-refractivity contribution is 8.01. The molecule has 0 aliphatic carbocycles. The summed E-state index contributed by atoms with van der Waals surface area (Å²) in [5.41, 5.74) is 1.24. The summed E-state index contributed by atoms with van der Waals surface area (Å²) in [6.07, 6.45) is 1.38. The van der Waals surface area contributed by atoms with Crippen molar-refractivity contribution in [3.8, 4) is 5.75 Å². The minimum atomic E-state index is -0.830. The van der Waals surface area contributed by atoms with Crippen LogP contribution in [0.4, 0.5) is 0 Å². The zero-order valence-electron chi connectivity index (χ0n) is 15.6. The van der Waals surface area contributed by atoms with Crippen LogP contribution in [0.15, 0.2) is 71.6 Å². The van der Waals surface area contributed by atoms with Crippen LogP contribution >= 0.6 is 11.8 Å². The number of hydrogen-bond donors (Lipinski definition) is 1. The van der Waals surface area contributed by atoms with Crippen LogP contribution in [0.25, 0.3) is 10.8 Å². The maximum atomic E-state index is 11.5. The Bertz CT molecular complexity index is 938. The van der Waals surface area contributed by atoms with Crippen LogP contribution in [0.3, 0.4) is 0 Å². The number of benzene rings is 3. The van der Waals surface area contributed by atoms with Crippen LogP contribution in [0, 0.1) is 0 Å². The number of hydrogen-bond acceptors (Lipinski definition) is 3. The first kappa shape index (κ1) is 19.3. The molecule has 3 aromatic carbocycles. The van der Waals surface area contributed by atoms with Gasteiger partial charge >= 0.3 is 5.97 Å². The van der Waals surface area contributed by atoms with Crippen molar-refractivity contribution in [3.05, 3.63) is 72.3 Å². The lowest BCUT2D eigenvalue weighted by Gasteiger charge is -2.22. The van der Waals surface area contributed by atoms with Crippen LogP contribution in [0.5, 0.6) is 5.75 Å². The lowest BCUT2D eigenvalue weighted by atomic mass is 10.1. The van der Waals surface area contributed by atoms with Gasteiger partial charge in [-0.25, -0.2) is 0 Å². The van der Waals surface area contributed by atoms with E-state index >= 15 is 0 Å². The lowest BCUT2D eigenvalue weighted by molar-refractivity contribution is -0.139. The Morgan fingerprint density at radius 2 is 1.81 bits per heavy atom. The molecule has 0 aromatic heterocycles. The minimum absolute atomic E-state index is 0.556. The number of rotatable bonds is 8. The van der Waals surface area contributed by atoms with Crippen molar-refractivity contribution < 1.29 is 14.6 Å². The summed E-state index contributed by atoms with van der Waals surface area (Å²) in [5, 5.41) is 11.9. The molecule has 0 bridgehead atoms. The van der Waals surface area contributed by atoms with Crippen molar-refractivity contribution in [1.82, 2.24) is 0 Å². The molecule has 3 rings (SSSR count). The average Bonchev–Trinajstić information content (AvgIpc) is 2.68. The van der Waals surface area contributed by atoms with E-state index in [1.807, 2.05) is 43.3 Å². The van der Waals surface area contributed by atoms with Gasteiger partial charge in [0.1, 0.15) is 10.5 Å². The molecule has 0 aliphatic rings. The van der Waals surface area contributed by atoms with E-state index in [0.717, 1.165) is 17.1 Å². The molecule has 0 saturated carbocycles. The highest BCUT2D eigenvalue weighted by atomic mass is 32.2. The van der Waals surface area contributed by atoms with Crippen molar-refractivity contribution in [2.75, 3.05) is 6.61 Å². The summed E-state index contributed by atoms with van der Waals surface area (Å²) in [7, 11) is 0. The van der Waals surface area contributed by atoms with Crippen molar-refractivity contribution >= 4 is 28.5 Å². The first-order valence-electron chi connectivity index (χ1n) is 9.13. The predicted octanol–water partition coefficient (Wildman–Crippen LogP) is 5.81. The molecule has 1 N–H and O–H groups in total. The van der Waals surface area contributed by atoms with Crippen LogP contribution in [0.1, 0.15) is 25.8 Å². The zero-order chi connectivity index (χ0) is 19.3. The first-order chi connectivity index (χ1) is 13.0. The minimum Gasteiger partial charge on any atom is -0.493 e. The number of aliphatic carboxylic acids is 1. The highest BCUT2D eigenvalue weighted by Gasteiger charge is 2.32. The zero-order valence-corrected chi connectivity index (χ0v) is 16.5. The van der Waals surface area contributed by atoms with Crippen molar-refractivity contribution in [3.63, 3.8) is 0 Å². The fraction of sp³-hybridized carbons (Fsp3) is 0.261.